The molecule has 3 heteroatoms. The van der Waals surface area contributed by atoms with Crippen molar-refractivity contribution in [1.82, 2.24) is 10.6 Å². The standard InChI is InChI=1S/C15H20N2O/c1-4-9-16-11-15(18)17-10-13-5-7-14(8-6-13)12(2)3/h1,5-8,12,16H,9-11H2,2-3H3,(H,17,18). The summed E-state index contributed by atoms with van der Waals surface area (Å²) < 4.78 is 0. The van der Waals surface area contributed by atoms with Crippen LogP contribution in [0.2, 0.25) is 0 Å². The van der Waals surface area contributed by atoms with Crippen LogP contribution in [0.15, 0.2) is 24.3 Å². The van der Waals surface area contributed by atoms with Gasteiger partial charge in [-0.3, -0.25) is 10.1 Å². The van der Waals surface area contributed by atoms with Crippen LogP contribution >= 0.6 is 0 Å². The van der Waals surface area contributed by atoms with Crippen LogP contribution in [-0.2, 0) is 11.3 Å². The van der Waals surface area contributed by atoms with E-state index in [-0.39, 0.29) is 12.5 Å². The molecule has 1 amide bonds. The molecule has 0 radical (unpaired) electrons. The first kappa shape index (κ1) is 14.3. The summed E-state index contributed by atoms with van der Waals surface area (Å²) >= 11 is 0. The lowest BCUT2D eigenvalue weighted by atomic mass is 10.0. The lowest BCUT2D eigenvalue weighted by Crippen LogP contribution is -2.33. The second-order valence-corrected chi connectivity index (χ2v) is 4.48. The van der Waals surface area contributed by atoms with E-state index in [0.29, 0.717) is 19.0 Å². The SMILES string of the molecule is C#CCNCC(=O)NCc1ccc(C(C)C)cc1. The van der Waals surface area contributed by atoms with Crippen molar-refractivity contribution < 1.29 is 4.79 Å². The summed E-state index contributed by atoms with van der Waals surface area (Å²) in [7, 11) is 0. The lowest BCUT2D eigenvalue weighted by molar-refractivity contribution is -0.120. The van der Waals surface area contributed by atoms with Crippen molar-refractivity contribution >= 4 is 5.91 Å². The van der Waals surface area contributed by atoms with Crippen LogP contribution in [-0.4, -0.2) is 19.0 Å². The van der Waals surface area contributed by atoms with Gasteiger partial charge in [-0.2, -0.15) is 0 Å². The molecule has 96 valence electrons. The molecular weight excluding hydrogens is 224 g/mol. The molecule has 0 aliphatic heterocycles. The predicted octanol–water partition coefficient (Wildman–Crippen LogP) is 1.65. The van der Waals surface area contributed by atoms with Crippen LogP contribution in [0.3, 0.4) is 0 Å². The molecule has 0 aliphatic rings. The van der Waals surface area contributed by atoms with Crippen molar-refractivity contribution in [1.29, 1.82) is 0 Å². The molecule has 0 bridgehead atoms. The van der Waals surface area contributed by atoms with E-state index in [2.05, 4.69) is 42.5 Å². The number of amides is 1. The fraction of sp³-hybridized carbons (Fsp3) is 0.400. The Morgan fingerprint density at radius 3 is 2.56 bits per heavy atom. The Morgan fingerprint density at radius 2 is 2.00 bits per heavy atom. The highest BCUT2D eigenvalue weighted by Crippen LogP contribution is 2.14. The Bertz CT molecular complexity index is 415. The molecular formula is C15H20N2O. The van der Waals surface area contributed by atoms with Crippen LogP contribution < -0.4 is 10.6 Å². The zero-order chi connectivity index (χ0) is 13.4. The second-order valence-electron chi connectivity index (χ2n) is 4.48. The van der Waals surface area contributed by atoms with Gasteiger partial charge in [0.25, 0.3) is 0 Å². The van der Waals surface area contributed by atoms with E-state index < -0.39 is 0 Å². The smallest absolute Gasteiger partial charge is 0.234 e. The predicted molar refractivity (Wildman–Crippen MR) is 74.1 cm³/mol. The van der Waals surface area contributed by atoms with E-state index in [1.54, 1.807) is 0 Å². The summed E-state index contributed by atoms with van der Waals surface area (Å²) in [5.74, 6) is 2.91. The van der Waals surface area contributed by atoms with E-state index >= 15 is 0 Å². The fourth-order valence-corrected chi connectivity index (χ4v) is 1.53. The number of benzene rings is 1. The Kier molecular flexibility index (Phi) is 5.96. The topological polar surface area (TPSA) is 41.1 Å². The van der Waals surface area contributed by atoms with Gasteiger partial charge in [0.1, 0.15) is 0 Å². The summed E-state index contributed by atoms with van der Waals surface area (Å²) in [6.07, 6.45) is 5.07. The summed E-state index contributed by atoms with van der Waals surface area (Å²) in [6, 6.07) is 8.29. The number of hydrogen-bond acceptors (Lipinski definition) is 2. The van der Waals surface area contributed by atoms with Gasteiger partial charge < -0.3 is 5.32 Å². The fourth-order valence-electron chi connectivity index (χ4n) is 1.53. The van der Waals surface area contributed by atoms with Crippen molar-refractivity contribution in [3.63, 3.8) is 0 Å². The molecule has 0 spiro atoms. The third kappa shape index (κ3) is 5.03. The van der Waals surface area contributed by atoms with Crippen molar-refractivity contribution in [2.75, 3.05) is 13.1 Å². The van der Waals surface area contributed by atoms with Crippen LogP contribution in [0.25, 0.3) is 0 Å². The van der Waals surface area contributed by atoms with Gasteiger partial charge in [-0.25, -0.2) is 0 Å². The zero-order valence-corrected chi connectivity index (χ0v) is 11.0. The monoisotopic (exact) mass is 244 g/mol. The first-order chi connectivity index (χ1) is 8.63. The molecule has 0 atom stereocenters. The molecule has 0 heterocycles. The minimum absolute atomic E-state index is 0.0433. The average Bonchev–Trinajstić information content (AvgIpc) is 2.37. The molecule has 3 nitrogen and oxygen atoms in total. The maximum absolute atomic E-state index is 11.4. The Morgan fingerprint density at radius 1 is 1.33 bits per heavy atom. The van der Waals surface area contributed by atoms with Crippen molar-refractivity contribution in [3.05, 3.63) is 35.4 Å². The highest BCUT2D eigenvalue weighted by Gasteiger charge is 2.01. The van der Waals surface area contributed by atoms with E-state index in [1.165, 1.54) is 5.56 Å². The van der Waals surface area contributed by atoms with Gasteiger partial charge in [-0.1, -0.05) is 44.0 Å². The van der Waals surface area contributed by atoms with Gasteiger partial charge in [-0.15, -0.1) is 6.42 Å². The van der Waals surface area contributed by atoms with E-state index in [1.807, 2.05) is 12.1 Å². The van der Waals surface area contributed by atoms with Gasteiger partial charge in [0.05, 0.1) is 13.1 Å². The molecule has 18 heavy (non-hydrogen) atoms. The molecule has 0 saturated heterocycles. The maximum atomic E-state index is 11.4. The Hall–Kier alpha value is -1.79. The molecule has 0 aliphatic carbocycles. The van der Waals surface area contributed by atoms with E-state index in [0.717, 1.165) is 5.56 Å². The van der Waals surface area contributed by atoms with Crippen LogP contribution in [0, 0.1) is 12.3 Å². The summed E-state index contributed by atoms with van der Waals surface area (Å²) in [5, 5.41) is 5.68. The maximum Gasteiger partial charge on any atom is 0.234 e. The molecule has 1 rings (SSSR count). The van der Waals surface area contributed by atoms with Crippen LogP contribution in [0.5, 0.6) is 0 Å². The Labute approximate surface area is 109 Å². The van der Waals surface area contributed by atoms with Crippen molar-refractivity contribution in [3.8, 4) is 12.3 Å². The minimum Gasteiger partial charge on any atom is -0.351 e. The van der Waals surface area contributed by atoms with Gasteiger partial charge in [0, 0.05) is 6.54 Å². The highest BCUT2D eigenvalue weighted by atomic mass is 16.1. The largest absolute Gasteiger partial charge is 0.351 e. The number of hydrogen-bond donors (Lipinski definition) is 2. The normalized spacial score (nSPS) is 10.1. The number of carbonyl (C=O) groups excluding carboxylic acids is 1. The summed E-state index contributed by atoms with van der Waals surface area (Å²) in [5.41, 5.74) is 2.41. The summed E-state index contributed by atoms with van der Waals surface area (Å²) in [6.45, 7) is 5.54. The molecule has 0 fully saturated rings. The number of carbonyl (C=O) groups is 1. The molecule has 1 aromatic rings. The third-order valence-corrected chi connectivity index (χ3v) is 2.65. The average molecular weight is 244 g/mol. The highest BCUT2D eigenvalue weighted by molar-refractivity contribution is 5.77. The molecule has 0 saturated carbocycles. The zero-order valence-electron chi connectivity index (χ0n) is 11.0. The molecule has 2 N–H and O–H groups in total. The third-order valence-electron chi connectivity index (χ3n) is 2.65. The van der Waals surface area contributed by atoms with Gasteiger partial charge >= 0.3 is 0 Å². The van der Waals surface area contributed by atoms with Crippen LogP contribution in [0.1, 0.15) is 30.9 Å². The summed E-state index contributed by atoms with van der Waals surface area (Å²) in [4.78, 5) is 11.4. The first-order valence-electron chi connectivity index (χ1n) is 6.13. The molecule has 1 aromatic carbocycles. The molecule has 0 unspecified atom stereocenters. The molecule has 0 aromatic heterocycles. The van der Waals surface area contributed by atoms with Gasteiger partial charge in [0.2, 0.25) is 5.91 Å². The van der Waals surface area contributed by atoms with Gasteiger partial charge in [0.15, 0.2) is 0 Å². The van der Waals surface area contributed by atoms with Crippen molar-refractivity contribution in [2.24, 2.45) is 0 Å². The Balaban J connectivity index is 2.35. The van der Waals surface area contributed by atoms with Crippen LogP contribution in [0.4, 0.5) is 0 Å². The lowest BCUT2D eigenvalue weighted by Gasteiger charge is -2.08. The first-order valence-corrected chi connectivity index (χ1v) is 6.13. The quantitative estimate of drug-likeness (QED) is 0.590. The van der Waals surface area contributed by atoms with Crippen molar-refractivity contribution in [2.45, 2.75) is 26.3 Å². The second kappa shape index (κ2) is 7.52. The number of nitrogens with one attached hydrogen (secondary N) is 2. The number of terminal acetylenes is 1. The van der Waals surface area contributed by atoms with Gasteiger partial charge in [-0.05, 0) is 17.0 Å². The number of rotatable bonds is 6. The minimum atomic E-state index is -0.0433. The van der Waals surface area contributed by atoms with E-state index in [4.69, 9.17) is 6.42 Å². The van der Waals surface area contributed by atoms with E-state index in [9.17, 15) is 4.79 Å².